The predicted octanol–water partition coefficient (Wildman–Crippen LogP) is 1.44. The average Bonchev–Trinajstić information content (AvgIpc) is 2.39. The molecule has 19 heavy (non-hydrogen) atoms. The Kier molecular flexibility index (Phi) is 3.64. The maximum absolute atomic E-state index is 9.81. The molecule has 0 aliphatic heterocycles. The number of aliphatic hydroxyl groups excluding tert-OH is 1. The predicted molar refractivity (Wildman–Crippen MR) is 71.3 cm³/mol. The van der Waals surface area contributed by atoms with Crippen molar-refractivity contribution in [1.82, 2.24) is 4.98 Å². The summed E-state index contributed by atoms with van der Waals surface area (Å²) in [6.45, 7) is -0.0850. The van der Waals surface area contributed by atoms with Crippen LogP contribution in [-0.2, 0) is 6.42 Å². The molecule has 1 aromatic carbocycles. The summed E-state index contributed by atoms with van der Waals surface area (Å²) in [5.41, 5.74) is 7.67. The van der Waals surface area contributed by atoms with Crippen molar-refractivity contribution < 1.29 is 10.2 Å². The number of nitrogens with zero attached hydrogens (tertiary/aromatic N) is 2. The first kappa shape index (κ1) is 12.9. The van der Waals surface area contributed by atoms with E-state index in [1.807, 2.05) is 6.07 Å². The molecule has 2 aromatic rings. The Bertz CT molecular complexity index is 648. The van der Waals surface area contributed by atoms with Crippen molar-refractivity contribution in [2.75, 3.05) is 12.3 Å². The van der Waals surface area contributed by atoms with E-state index in [0.717, 1.165) is 0 Å². The van der Waals surface area contributed by atoms with Crippen LogP contribution >= 0.6 is 0 Å². The molecule has 0 radical (unpaired) electrons. The maximum atomic E-state index is 9.81. The van der Waals surface area contributed by atoms with E-state index < -0.39 is 0 Å². The number of pyridine rings is 1. The van der Waals surface area contributed by atoms with E-state index in [9.17, 15) is 5.11 Å². The number of hydrogen-bond acceptors (Lipinski definition) is 5. The van der Waals surface area contributed by atoms with Crippen molar-refractivity contribution in [1.29, 1.82) is 5.26 Å². The number of benzene rings is 1. The second-order valence-electron chi connectivity index (χ2n) is 4.03. The van der Waals surface area contributed by atoms with Crippen molar-refractivity contribution >= 4 is 5.82 Å². The molecule has 5 nitrogen and oxygen atoms in total. The summed E-state index contributed by atoms with van der Waals surface area (Å²) in [5, 5.41) is 27.9. The Labute approximate surface area is 110 Å². The van der Waals surface area contributed by atoms with Crippen LogP contribution in [0.4, 0.5) is 5.82 Å². The minimum Gasteiger partial charge on any atom is -0.507 e. The Morgan fingerprint density at radius 3 is 2.68 bits per heavy atom. The highest BCUT2D eigenvalue weighted by Crippen LogP contribution is 2.30. The van der Waals surface area contributed by atoms with Gasteiger partial charge < -0.3 is 15.9 Å². The number of para-hydroxylation sites is 1. The van der Waals surface area contributed by atoms with Crippen molar-refractivity contribution in [2.24, 2.45) is 0 Å². The van der Waals surface area contributed by atoms with E-state index in [0.29, 0.717) is 23.2 Å². The lowest BCUT2D eigenvalue weighted by atomic mass is 10.0. The molecule has 0 bridgehead atoms. The monoisotopic (exact) mass is 255 g/mol. The summed E-state index contributed by atoms with van der Waals surface area (Å²) in [6, 6.07) is 10.4. The number of anilines is 1. The molecule has 0 saturated heterocycles. The molecule has 2 rings (SSSR count). The van der Waals surface area contributed by atoms with Crippen molar-refractivity contribution in [3.63, 3.8) is 0 Å². The number of hydrogen-bond donors (Lipinski definition) is 3. The highest BCUT2D eigenvalue weighted by Gasteiger charge is 2.13. The highest BCUT2D eigenvalue weighted by molar-refractivity contribution is 5.70. The minimum absolute atomic E-state index is 0.0850. The lowest BCUT2D eigenvalue weighted by Crippen LogP contribution is -2.03. The molecule has 0 unspecified atom stereocenters. The first-order chi connectivity index (χ1) is 9.17. The maximum Gasteiger partial charge on any atom is 0.142 e. The highest BCUT2D eigenvalue weighted by atomic mass is 16.3. The molecule has 0 spiro atoms. The van der Waals surface area contributed by atoms with E-state index in [4.69, 9.17) is 16.1 Å². The van der Waals surface area contributed by atoms with Crippen molar-refractivity contribution in [2.45, 2.75) is 6.42 Å². The Morgan fingerprint density at radius 2 is 2.05 bits per heavy atom. The largest absolute Gasteiger partial charge is 0.507 e. The van der Waals surface area contributed by atoms with Gasteiger partial charge in [-0.1, -0.05) is 12.1 Å². The topological polar surface area (TPSA) is 103 Å². The van der Waals surface area contributed by atoms with Crippen LogP contribution < -0.4 is 5.73 Å². The third-order valence-electron chi connectivity index (χ3n) is 2.80. The Balaban J connectivity index is 2.61. The third kappa shape index (κ3) is 2.49. The van der Waals surface area contributed by atoms with Crippen LogP contribution in [0.15, 0.2) is 30.3 Å². The Hall–Kier alpha value is -2.58. The van der Waals surface area contributed by atoms with Crippen LogP contribution in [0, 0.1) is 11.3 Å². The summed E-state index contributed by atoms with van der Waals surface area (Å²) < 4.78 is 0. The van der Waals surface area contributed by atoms with Crippen LogP contribution in [0.1, 0.15) is 11.1 Å². The Morgan fingerprint density at radius 1 is 1.32 bits per heavy atom. The van der Waals surface area contributed by atoms with Gasteiger partial charge in [-0.05, 0) is 30.2 Å². The zero-order chi connectivity index (χ0) is 13.8. The zero-order valence-electron chi connectivity index (χ0n) is 10.2. The number of rotatable bonds is 3. The summed E-state index contributed by atoms with van der Waals surface area (Å²) in [5.74, 6) is 0.195. The lowest BCUT2D eigenvalue weighted by Gasteiger charge is -2.09. The normalized spacial score (nSPS) is 10.1. The number of phenols is 1. The molecule has 0 aliphatic carbocycles. The molecule has 5 heteroatoms. The third-order valence-corrected chi connectivity index (χ3v) is 2.80. The summed E-state index contributed by atoms with van der Waals surface area (Å²) in [6.07, 6.45) is 0.316. The van der Waals surface area contributed by atoms with Crippen LogP contribution in [0.3, 0.4) is 0 Å². The molecule has 0 fully saturated rings. The van der Waals surface area contributed by atoms with Gasteiger partial charge in [0.15, 0.2) is 0 Å². The van der Waals surface area contributed by atoms with Gasteiger partial charge in [0, 0.05) is 12.2 Å². The van der Waals surface area contributed by atoms with E-state index in [1.54, 1.807) is 30.3 Å². The number of aromatic hydroxyl groups is 1. The van der Waals surface area contributed by atoms with Crippen molar-refractivity contribution in [3.05, 3.63) is 41.5 Å². The zero-order valence-corrected chi connectivity index (χ0v) is 10.2. The van der Waals surface area contributed by atoms with Gasteiger partial charge >= 0.3 is 0 Å². The number of nitriles is 1. The first-order valence-corrected chi connectivity index (χ1v) is 5.76. The fourth-order valence-electron chi connectivity index (χ4n) is 1.89. The molecular formula is C14H13N3O2. The number of nitrogen functional groups attached to an aromatic ring is 1. The summed E-state index contributed by atoms with van der Waals surface area (Å²) in [4.78, 5) is 4.13. The van der Waals surface area contributed by atoms with E-state index in [1.165, 1.54) is 0 Å². The second kappa shape index (κ2) is 5.38. The minimum atomic E-state index is -0.0850. The van der Waals surface area contributed by atoms with Crippen LogP contribution in [0.5, 0.6) is 5.75 Å². The first-order valence-electron chi connectivity index (χ1n) is 5.76. The molecule has 0 amide bonds. The standard InChI is InChI=1S/C14H13N3O2/c15-8-11-9(5-6-18)7-12(17-14(11)16)10-3-1-2-4-13(10)19/h1-4,7,18-19H,5-6H2,(H2,16,17). The summed E-state index contributed by atoms with van der Waals surface area (Å²) >= 11 is 0. The molecule has 4 N–H and O–H groups in total. The average molecular weight is 255 g/mol. The van der Waals surface area contributed by atoms with Gasteiger partial charge in [-0.15, -0.1) is 0 Å². The molecular weight excluding hydrogens is 242 g/mol. The van der Waals surface area contributed by atoms with Gasteiger partial charge in [0.1, 0.15) is 17.6 Å². The van der Waals surface area contributed by atoms with Crippen LogP contribution in [0.2, 0.25) is 0 Å². The van der Waals surface area contributed by atoms with E-state index >= 15 is 0 Å². The molecule has 1 aromatic heterocycles. The second-order valence-corrected chi connectivity index (χ2v) is 4.03. The van der Waals surface area contributed by atoms with Gasteiger partial charge in [-0.25, -0.2) is 4.98 Å². The fourth-order valence-corrected chi connectivity index (χ4v) is 1.89. The van der Waals surface area contributed by atoms with Crippen LogP contribution in [-0.4, -0.2) is 21.8 Å². The SMILES string of the molecule is N#Cc1c(CCO)cc(-c2ccccc2O)nc1N. The molecule has 0 aliphatic rings. The summed E-state index contributed by atoms with van der Waals surface area (Å²) in [7, 11) is 0. The number of aromatic nitrogens is 1. The van der Waals surface area contributed by atoms with Gasteiger partial charge in [-0.3, -0.25) is 0 Å². The molecule has 96 valence electrons. The van der Waals surface area contributed by atoms with Gasteiger partial charge in [0.05, 0.1) is 11.3 Å². The van der Waals surface area contributed by atoms with Crippen LogP contribution in [0.25, 0.3) is 11.3 Å². The van der Waals surface area contributed by atoms with E-state index in [-0.39, 0.29) is 23.7 Å². The fraction of sp³-hybridized carbons (Fsp3) is 0.143. The molecule has 0 atom stereocenters. The van der Waals surface area contributed by atoms with Gasteiger partial charge in [0.2, 0.25) is 0 Å². The quantitative estimate of drug-likeness (QED) is 0.770. The van der Waals surface area contributed by atoms with Crippen molar-refractivity contribution in [3.8, 4) is 23.1 Å². The number of nitrogens with two attached hydrogens (primary N) is 1. The number of phenolic OH excluding ortho intramolecular Hbond substituents is 1. The molecule has 0 saturated carbocycles. The van der Waals surface area contributed by atoms with Gasteiger partial charge in [0.25, 0.3) is 0 Å². The molecule has 1 heterocycles. The lowest BCUT2D eigenvalue weighted by molar-refractivity contribution is 0.299. The van der Waals surface area contributed by atoms with Gasteiger partial charge in [-0.2, -0.15) is 5.26 Å². The number of aliphatic hydroxyl groups is 1. The van der Waals surface area contributed by atoms with E-state index in [2.05, 4.69) is 4.98 Å². The smallest absolute Gasteiger partial charge is 0.142 e.